The molecule has 0 radical (unpaired) electrons. The van der Waals surface area contributed by atoms with Crippen molar-refractivity contribution in [3.05, 3.63) is 66.7 Å². The van der Waals surface area contributed by atoms with Gasteiger partial charge < -0.3 is 20.1 Å². The number of ether oxygens (including phenoxy) is 2. The number of rotatable bonds is 8. The van der Waals surface area contributed by atoms with Gasteiger partial charge in [-0.2, -0.15) is 0 Å². The van der Waals surface area contributed by atoms with E-state index in [1.54, 1.807) is 25.4 Å². The molecule has 1 amide bonds. The van der Waals surface area contributed by atoms with Crippen molar-refractivity contribution >= 4 is 17.4 Å². The largest absolute Gasteiger partial charge is 0.437 e. The Hall–Kier alpha value is -3.52. The second kappa shape index (κ2) is 9.43. The molecule has 144 valence electrons. The molecule has 0 unspecified atom stereocenters. The average Bonchev–Trinajstić information content (AvgIpc) is 2.71. The number of anilines is 2. The van der Waals surface area contributed by atoms with Crippen molar-refractivity contribution in [1.29, 1.82) is 0 Å². The predicted molar refractivity (Wildman–Crippen MR) is 105 cm³/mol. The van der Waals surface area contributed by atoms with Crippen LogP contribution in [0, 0.1) is 0 Å². The molecule has 1 atom stereocenters. The van der Waals surface area contributed by atoms with Crippen LogP contribution in [0.5, 0.6) is 11.6 Å². The number of nitrogens with one attached hydrogen (secondary N) is 2. The van der Waals surface area contributed by atoms with Gasteiger partial charge in [-0.1, -0.05) is 6.07 Å². The highest BCUT2D eigenvalue weighted by Crippen LogP contribution is 2.24. The molecule has 2 N–H and O–H groups in total. The Kier molecular flexibility index (Phi) is 6.48. The van der Waals surface area contributed by atoms with E-state index in [0.717, 1.165) is 11.5 Å². The first-order valence-electron chi connectivity index (χ1n) is 8.72. The first kappa shape index (κ1) is 19.2. The van der Waals surface area contributed by atoms with Crippen molar-refractivity contribution < 1.29 is 14.3 Å². The summed E-state index contributed by atoms with van der Waals surface area (Å²) < 4.78 is 10.8. The molecule has 3 aromatic rings. The summed E-state index contributed by atoms with van der Waals surface area (Å²) in [6.07, 6.45) is 4.64. The van der Waals surface area contributed by atoms with Gasteiger partial charge in [-0.05, 0) is 43.3 Å². The number of carbonyl (C=O) groups is 1. The minimum absolute atomic E-state index is 0.112. The zero-order chi connectivity index (χ0) is 19.8. The number of hydrogen-bond donors (Lipinski definition) is 2. The van der Waals surface area contributed by atoms with Crippen molar-refractivity contribution in [2.24, 2.45) is 0 Å². The topological polar surface area (TPSA) is 98.3 Å². The second-order valence-electron chi connectivity index (χ2n) is 6.01. The van der Waals surface area contributed by atoms with Crippen LogP contribution in [0.4, 0.5) is 11.5 Å². The Bertz CT molecular complexity index is 903. The summed E-state index contributed by atoms with van der Waals surface area (Å²) in [5, 5.41) is 5.98. The number of amides is 1. The van der Waals surface area contributed by atoms with Gasteiger partial charge in [0.05, 0.1) is 6.61 Å². The van der Waals surface area contributed by atoms with E-state index in [0.29, 0.717) is 12.4 Å². The van der Waals surface area contributed by atoms with E-state index < -0.39 is 0 Å². The predicted octanol–water partition coefficient (Wildman–Crippen LogP) is 3.17. The molecule has 3 rings (SSSR count). The van der Waals surface area contributed by atoms with Gasteiger partial charge in [-0.3, -0.25) is 4.79 Å². The summed E-state index contributed by atoms with van der Waals surface area (Å²) >= 11 is 0. The third kappa shape index (κ3) is 5.24. The minimum atomic E-state index is -0.374. The van der Waals surface area contributed by atoms with Crippen molar-refractivity contribution in [2.45, 2.75) is 13.0 Å². The highest BCUT2D eigenvalue weighted by molar-refractivity contribution is 5.94. The summed E-state index contributed by atoms with van der Waals surface area (Å²) in [7, 11) is 1.58. The molecule has 1 aromatic carbocycles. The molecule has 0 aliphatic carbocycles. The smallest absolute Gasteiger partial charge is 0.275 e. The van der Waals surface area contributed by atoms with Gasteiger partial charge in [0.2, 0.25) is 0 Å². The molecule has 28 heavy (non-hydrogen) atoms. The molecule has 8 heteroatoms. The van der Waals surface area contributed by atoms with Crippen LogP contribution < -0.4 is 15.4 Å². The molecule has 0 fully saturated rings. The van der Waals surface area contributed by atoms with E-state index in [1.807, 2.05) is 37.3 Å². The van der Waals surface area contributed by atoms with Crippen LogP contribution in [0.25, 0.3) is 0 Å². The molecular formula is C20H21N5O3. The Morgan fingerprint density at radius 3 is 2.54 bits per heavy atom. The summed E-state index contributed by atoms with van der Waals surface area (Å²) in [6.45, 7) is 2.23. The number of nitrogens with zero attached hydrogens (tertiary/aromatic N) is 3. The maximum absolute atomic E-state index is 12.4. The Balaban J connectivity index is 1.69. The molecule has 0 spiro atoms. The highest BCUT2D eigenvalue weighted by atomic mass is 16.5. The van der Waals surface area contributed by atoms with Crippen LogP contribution in [0.2, 0.25) is 0 Å². The van der Waals surface area contributed by atoms with Crippen LogP contribution in [0.15, 0.2) is 61.1 Å². The molecule has 0 bridgehead atoms. The van der Waals surface area contributed by atoms with E-state index in [-0.39, 0.29) is 23.5 Å². The van der Waals surface area contributed by atoms with Gasteiger partial charge >= 0.3 is 0 Å². The molecule has 0 saturated carbocycles. The van der Waals surface area contributed by atoms with Crippen LogP contribution in [0.1, 0.15) is 17.4 Å². The van der Waals surface area contributed by atoms with E-state index in [4.69, 9.17) is 9.47 Å². The van der Waals surface area contributed by atoms with Crippen LogP contribution in [-0.2, 0) is 4.74 Å². The lowest BCUT2D eigenvalue weighted by molar-refractivity contribution is 0.0897. The zero-order valence-electron chi connectivity index (χ0n) is 15.6. The third-order valence-electron chi connectivity index (χ3n) is 3.68. The summed E-state index contributed by atoms with van der Waals surface area (Å²) in [5.74, 6) is 1.04. The van der Waals surface area contributed by atoms with Crippen molar-refractivity contribution in [1.82, 2.24) is 20.3 Å². The SMILES string of the molecule is COC[C@H](C)NC(=O)c1nccnc1Oc1ccc(Nc2ccccn2)cc1. The van der Waals surface area contributed by atoms with E-state index in [1.165, 1.54) is 12.4 Å². The molecule has 0 aliphatic heterocycles. The van der Waals surface area contributed by atoms with Crippen molar-refractivity contribution in [3.63, 3.8) is 0 Å². The number of hydrogen-bond acceptors (Lipinski definition) is 7. The fourth-order valence-corrected chi connectivity index (χ4v) is 2.44. The van der Waals surface area contributed by atoms with E-state index in [2.05, 4.69) is 25.6 Å². The van der Waals surface area contributed by atoms with Crippen molar-refractivity contribution in [3.8, 4) is 11.6 Å². The molecule has 8 nitrogen and oxygen atoms in total. The first-order chi connectivity index (χ1) is 13.7. The quantitative estimate of drug-likeness (QED) is 0.620. The normalized spacial score (nSPS) is 11.5. The summed E-state index contributed by atoms with van der Waals surface area (Å²) in [4.78, 5) is 24.9. The maximum Gasteiger partial charge on any atom is 0.275 e. The number of pyridine rings is 1. The number of aromatic nitrogens is 3. The zero-order valence-corrected chi connectivity index (χ0v) is 15.6. The highest BCUT2D eigenvalue weighted by Gasteiger charge is 2.18. The lowest BCUT2D eigenvalue weighted by atomic mass is 10.3. The standard InChI is InChI=1S/C20H21N5O3/c1-14(13-27-2)24-19(26)18-20(23-12-11-22-18)28-16-8-6-15(7-9-16)25-17-5-3-4-10-21-17/h3-12,14H,13H2,1-2H3,(H,21,25)(H,24,26)/t14-/m0/s1. The lowest BCUT2D eigenvalue weighted by Gasteiger charge is -2.14. The third-order valence-corrected chi connectivity index (χ3v) is 3.68. The minimum Gasteiger partial charge on any atom is -0.437 e. The second-order valence-corrected chi connectivity index (χ2v) is 6.01. The number of benzene rings is 1. The molecule has 0 saturated heterocycles. The summed E-state index contributed by atoms with van der Waals surface area (Å²) in [6, 6.07) is 12.7. The molecule has 0 aliphatic rings. The Morgan fingerprint density at radius 2 is 1.82 bits per heavy atom. The van der Waals surface area contributed by atoms with Gasteiger partial charge in [0.15, 0.2) is 5.69 Å². The van der Waals surface area contributed by atoms with Crippen LogP contribution >= 0.6 is 0 Å². The van der Waals surface area contributed by atoms with Crippen LogP contribution in [-0.4, -0.2) is 40.6 Å². The number of carbonyl (C=O) groups excluding carboxylic acids is 1. The fraction of sp³-hybridized carbons (Fsp3) is 0.200. The monoisotopic (exact) mass is 379 g/mol. The molecular weight excluding hydrogens is 358 g/mol. The van der Waals surface area contributed by atoms with Gasteiger partial charge in [-0.25, -0.2) is 15.0 Å². The van der Waals surface area contributed by atoms with Crippen molar-refractivity contribution in [2.75, 3.05) is 19.0 Å². The van der Waals surface area contributed by atoms with Crippen LogP contribution in [0.3, 0.4) is 0 Å². The average molecular weight is 379 g/mol. The van der Waals surface area contributed by atoms with Gasteiger partial charge in [0.1, 0.15) is 11.6 Å². The Morgan fingerprint density at radius 1 is 1.04 bits per heavy atom. The van der Waals surface area contributed by atoms with Gasteiger partial charge in [0.25, 0.3) is 11.8 Å². The summed E-state index contributed by atoms with van der Waals surface area (Å²) in [5.41, 5.74) is 0.970. The van der Waals surface area contributed by atoms with Gasteiger partial charge in [0, 0.05) is 37.4 Å². The Labute approximate surface area is 163 Å². The molecule has 2 heterocycles. The first-order valence-corrected chi connectivity index (χ1v) is 8.72. The molecule has 2 aromatic heterocycles. The fourth-order valence-electron chi connectivity index (χ4n) is 2.44. The maximum atomic E-state index is 12.4. The van der Waals surface area contributed by atoms with E-state index >= 15 is 0 Å². The van der Waals surface area contributed by atoms with E-state index in [9.17, 15) is 4.79 Å². The lowest BCUT2D eigenvalue weighted by Crippen LogP contribution is -2.36. The number of methoxy groups -OCH3 is 1. The van der Waals surface area contributed by atoms with Gasteiger partial charge in [-0.15, -0.1) is 0 Å².